The molecule has 0 saturated heterocycles. The van der Waals surface area contributed by atoms with Crippen LogP contribution in [-0.4, -0.2) is 15.0 Å². The number of nitrogens with zero attached hydrogens (tertiary/aromatic N) is 3. The molecule has 0 radical (unpaired) electrons. The van der Waals surface area contributed by atoms with E-state index in [1.165, 1.54) is 0 Å². The Kier molecular flexibility index (Phi) is 5.13. The molecule has 7 heteroatoms. The maximum atomic E-state index is 6.19. The molecule has 5 nitrogen and oxygen atoms in total. The van der Waals surface area contributed by atoms with Crippen molar-refractivity contribution in [3.8, 4) is 0 Å². The second kappa shape index (κ2) is 7.47. The van der Waals surface area contributed by atoms with Crippen molar-refractivity contribution < 1.29 is 0 Å². The van der Waals surface area contributed by atoms with Crippen LogP contribution in [0.1, 0.15) is 11.3 Å². The van der Waals surface area contributed by atoms with Gasteiger partial charge in [0.25, 0.3) is 0 Å². The predicted molar refractivity (Wildman–Crippen MR) is 98.1 cm³/mol. The molecule has 0 spiro atoms. The maximum absolute atomic E-state index is 6.19. The van der Waals surface area contributed by atoms with E-state index in [9.17, 15) is 0 Å². The number of hydrogen-bond donors (Lipinski definition) is 2. The molecule has 0 amide bonds. The molecule has 2 N–H and O–H groups in total. The number of aromatic nitrogens is 3. The molecule has 122 valence electrons. The minimum absolute atomic E-state index is 0.518. The molecule has 0 aliphatic heterocycles. The Morgan fingerprint density at radius 1 is 1.04 bits per heavy atom. The van der Waals surface area contributed by atoms with Gasteiger partial charge in [0, 0.05) is 30.7 Å². The molecular formula is C17H15Cl2N5. The fraction of sp³-hybridized carbons (Fsp3) is 0.118. The van der Waals surface area contributed by atoms with Crippen molar-refractivity contribution in [2.45, 2.75) is 13.5 Å². The highest BCUT2D eigenvalue weighted by molar-refractivity contribution is 6.39. The van der Waals surface area contributed by atoms with E-state index in [0.29, 0.717) is 34.0 Å². The Morgan fingerprint density at radius 2 is 1.83 bits per heavy atom. The van der Waals surface area contributed by atoms with Crippen LogP contribution in [0.15, 0.2) is 48.8 Å². The number of rotatable bonds is 5. The van der Waals surface area contributed by atoms with Crippen molar-refractivity contribution in [1.29, 1.82) is 0 Å². The average molecular weight is 360 g/mol. The van der Waals surface area contributed by atoms with E-state index in [1.807, 2.05) is 25.1 Å². The second-order valence-electron chi connectivity index (χ2n) is 5.15. The van der Waals surface area contributed by atoms with Crippen LogP contribution in [0.4, 0.5) is 17.5 Å². The third kappa shape index (κ3) is 4.13. The van der Waals surface area contributed by atoms with Crippen molar-refractivity contribution in [3.63, 3.8) is 0 Å². The van der Waals surface area contributed by atoms with Gasteiger partial charge in [0.05, 0.1) is 15.7 Å². The number of benzene rings is 1. The van der Waals surface area contributed by atoms with E-state index >= 15 is 0 Å². The Bertz CT molecular complexity index is 819. The standard InChI is InChI=1S/C17H15Cl2N5/c1-11-8-15(23-16-13(18)5-2-6-14(16)19)24-17(22-11)21-10-12-4-3-7-20-9-12/h2-9H,10H2,1H3,(H2,21,22,23,24). The minimum Gasteiger partial charge on any atom is -0.350 e. The van der Waals surface area contributed by atoms with E-state index in [2.05, 4.69) is 25.6 Å². The number of hydrogen-bond acceptors (Lipinski definition) is 5. The van der Waals surface area contributed by atoms with Crippen LogP contribution in [0.3, 0.4) is 0 Å². The van der Waals surface area contributed by atoms with E-state index in [0.717, 1.165) is 11.3 Å². The van der Waals surface area contributed by atoms with Crippen molar-refractivity contribution >= 4 is 40.7 Å². The number of pyridine rings is 1. The van der Waals surface area contributed by atoms with E-state index in [1.54, 1.807) is 30.6 Å². The van der Waals surface area contributed by atoms with Gasteiger partial charge in [-0.15, -0.1) is 0 Å². The molecule has 1 aromatic carbocycles. The summed E-state index contributed by atoms with van der Waals surface area (Å²) in [6.07, 6.45) is 3.54. The molecule has 0 saturated carbocycles. The van der Waals surface area contributed by atoms with Crippen LogP contribution in [0.25, 0.3) is 0 Å². The molecule has 0 aliphatic carbocycles. The van der Waals surface area contributed by atoms with Crippen molar-refractivity contribution in [2.75, 3.05) is 10.6 Å². The fourth-order valence-electron chi connectivity index (χ4n) is 2.14. The van der Waals surface area contributed by atoms with Crippen LogP contribution in [0, 0.1) is 6.92 Å². The SMILES string of the molecule is Cc1cc(Nc2c(Cl)cccc2Cl)nc(NCc2cccnc2)n1. The highest BCUT2D eigenvalue weighted by atomic mass is 35.5. The summed E-state index contributed by atoms with van der Waals surface area (Å²) in [6, 6.07) is 11.0. The van der Waals surface area contributed by atoms with Gasteiger partial charge in [0.1, 0.15) is 5.82 Å². The van der Waals surface area contributed by atoms with Gasteiger partial charge in [0.15, 0.2) is 0 Å². The minimum atomic E-state index is 0.518. The largest absolute Gasteiger partial charge is 0.350 e. The van der Waals surface area contributed by atoms with Crippen LogP contribution < -0.4 is 10.6 Å². The summed E-state index contributed by atoms with van der Waals surface area (Å²) >= 11 is 12.4. The molecular weight excluding hydrogens is 345 g/mol. The van der Waals surface area contributed by atoms with E-state index < -0.39 is 0 Å². The predicted octanol–water partition coefficient (Wildman–Crippen LogP) is 4.84. The van der Waals surface area contributed by atoms with Gasteiger partial charge in [-0.05, 0) is 30.7 Å². The molecule has 24 heavy (non-hydrogen) atoms. The van der Waals surface area contributed by atoms with Gasteiger partial charge in [-0.3, -0.25) is 4.98 Å². The van der Waals surface area contributed by atoms with Crippen molar-refractivity contribution in [3.05, 3.63) is 70.1 Å². The quantitative estimate of drug-likeness (QED) is 0.682. The normalized spacial score (nSPS) is 10.5. The van der Waals surface area contributed by atoms with Gasteiger partial charge in [0.2, 0.25) is 5.95 Å². The first-order chi connectivity index (χ1) is 11.6. The molecule has 3 aromatic rings. The van der Waals surface area contributed by atoms with Crippen LogP contribution in [0.2, 0.25) is 10.0 Å². The van der Waals surface area contributed by atoms with Crippen LogP contribution in [-0.2, 0) is 6.54 Å². The van der Waals surface area contributed by atoms with E-state index in [-0.39, 0.29) is 0 Å². The summed E-state index contributed by atoms with van der Waals surface area (Å²) in [7, 11) is 0. The first-order valence-electron chi connectivity index (χ1n) is 7.31. The lowest BCUT2D eigenvalue weighted by Crippen LogP contribution is -2.06. The molecule has 2 heterocycles. The topological polar surface area (TPSA) is 62.7 Å². The molecule has 0 bridgehead atoms. The van der Waals surface area contributed by atoms with Gasteiger partial charge in [-0.2, -0.15) is 4.98 Å². The summed E-state index contributed by atoms with van der Waals surface area (Å²) in [5, 5.41) is 7.40. The van der Waals surface area contributed by atoms with Gasteiger partial charge in [-0.25, -0.2) is 4.98 Å². The number of anilines is 3. The van der Waals surface area contributed by atoms with Crippen molar-refractivity contribution in [1.82, 2.24) is 15.0 Å². The van der Waals surface area contributed by atoms with Crippen molar-refractivity contribution in [2.24, 2.45) is 0 Å². The van der Waals surface area contributed by atoms with E-state index in [4.69, 9.17) is 23.2 Å². The molecule has 0 unspecified atom stereocenters. The van der Waals surface area contributed by atoms with Gasteiger partial charge in [-0.1, -0.05) is 35.3 Å². The highest BCUT2D eigenvalue weighted by Crippen LogP contribution is 2.32. The molecule has 0 aliphatic rings. The Hall–Kier alpha value is -2.37. The summed E-state index contributed by atoms with van der Waals surface area (Å²) in [4.78, 5) is 12.9. The number of nitrogens with one attached hydrogen (secondary N) is 2. The Morgan fingerprint density at radius 3 is 2.54 bits per heavy atom. The first-order valence-corrected chi connectivity index (χ1v) is 8.07. The Labute approximate surface area is 150 Å². The zero-order chi connectivity index (χ0) is 16.9. The lowest BCUT2D eigenvalue weighted by molar-refractivity contribution is 1.02. The summed E-state index contributed by atoms with van der Waals surface area (Å²) < 4.78 is 0. The zero-order valence-corrected chi connectivity index (χ0v) is 14.4. The Balaban J connectivity index is 1.79. The summed E-state index contributed by atoms with van der Waals surface area (Å²) in [6.45, 7) is 2.49. The number of halogens is 2. The smallest absolute Gasteiger partial charge is 0.225 e. The number of aryl methyl sites for hydroxylation is 1. The molecule has 0 fully saturated rings. The molecule has 0 atom stereocenters. The lowest BCUT2D eigenvalue weighted by Gasteiger charge is -2.12. The van der Waals surface area contributed by atoms with Gasteiger partial charge < -0.3 is 10.6 Å². The lowest BCUT2D eigenvalue weighted by atomic mass is 10.3. The second-order valence-corrected chi connectivity index (χ2v) is 5.97. The van der Waals surface area contributed by atoms with Gasteiger partial charge >= 0.3 is 0 Å². The van der Waals surface area contributed by atoms with Crippen LogP contribution >= 0.6 is 23.2 Å². The summed E-state index contributed by atoms with van der Waals surface area (Å²) in [5.41, 5.74) is 2.49. The molecule has 3 rings (SSSR count). The third-order valence-corrected chi connectivity index (χ3v) is 3.87. The molecule has 2 aromatic heterocycles. The monoisotopic (exact) mass is 359 g/mol. The first kappa shape index (κ1) is 16.5. The highest BCUT2D eigenvalue weighted by Gasteiger charge is 2.08. The van der Waals surface area contributed by atoms with Crippen LogP contribution in [0.5, 0.6) is 0 Å². The zero-order valence-electron chi connectivity index (χ0n) is 12.9. The number of para-hydroxylation sites is 1. The summed E-state index contributed by atoms with van der Waals surface area (Å²) in [5.74, 6) is 1.13. The third-order valence-electron chi connectivity index (χ3n) is 3.24. The maximum Gasteiger partial charge on any atom is 0.225 e. The fourth-order valence-corrected chi connectivity index (χ4v) is 2.63. The average Bonchev–Trinajstić information content (AvgIpc) is 2.57.